The molecule has 0 unspecified atom stereocenters. The SMILES string of the molecule is CN(CCc1ccccn1)c1nc(-c2ccc(Cl)cc2)nc(C(Cl)(Cl)Cl)n1. The number of nitrogens with zero attached hydrogens (tertiary/aromatic N) is 5. The maximum absolute atomic E-state index is 6.02. The van der Waals surface area contributed by atoms with Crippen molar-refractivity contribution in [3.05, 3.63) is 65.2 Å². The van der Waals surface area contributed by atoms with Crippen molar-refractivity contribution in [2.24, 2.45) is 0 Å². The molecule has 0 aliphatic heterocycles. The minimum absolute atomic E-state index is 0.0622. The molecule has 0 N–H and O–H groups in total. The fourth-order valence-corrected chi connectivity index (χ4v) is 2.70. The molecule has 0 saturated carbocycles. The zero-order chi connectivity index (χ0) is 19.4. The third-order valence-electron chi connectivity index (χ3n) is 3.75. The summed E-state index contributed by atoms with van der Waals surface area (Å²) in [6, 6.07) is 12.9. The summed E-state index contributed by atoms with van der Waals surface area (Å²) in [6.07, 6.45) is 2.49. The Morgan fingerprint density at radius 3 is 2.33 bits per heavy atom. The Morgan fingerprint density at radius 1 is 0.963 bits per heavy atom. The summed E-state index contributed by atoms with van der Waals surface area (Å²) in [6.45, 7) is 0.639. The second kappa shape index (κ2) is 8.57. The Morgan fingerprint density at radius 2 is 1.70 bits per heavy atom. The fraction of sp³-hybridized carbons (Fsp3) is 0.222. The molecule has 2 aromatic heterocycles. The normalized spacial score (nSPS) is 11.4. The Balaban J connectivity index is 1.91. The van der Waals surface area contributed by atoms with Gasteiger partial charge in [0.05, 0.1) is 0 Å². The van der Waals surface area contributed by atoms with E-state index in [9.17, 15) is 0 Å². The minimum Gasteiger partial charge on any atom is -0.343 e. The number of alkyl halides is 3. The first-order valence-corrected chi connectivity index (χ1v) is 9.54. The lowest BCUT2D eigenvalue weighted by atomic mass is 10.2. The third-order valence-corrected chi connectivity index (χ3v) is 4.51. The van der Waals surface area contributed by atoms with Crippen LogP contribution in [0.5, 0.6) is 0 Å². The summed E-state index contributed by atoms with van der Waals surface area (Å²) >= 11 is 24.0. The summed E-state index contributed by atoms with van der Waals surface area (Å²) in [7, 11) is 1.87. The van der Waals surface area contributed by atoms with Crippen LogP contribution < -0.4 is 4.90 Å². The van der Waals surface area contributed by atoms with E-state index >= 15 is 0 Å². The molecule has 140 valence electrons. The molecule has 0 saturated heterocycles. The van der Waals surface area contributed by atoms with E-state index in [1.54, 1.807) is 30.5 Å². The maximum Gasteiger partial charge on any atom is 0.250 e. The van der Waals surface area contributed by atoms with Gasteiger partial charge in [0, 0.05) is 42.5 Å². The Labute approximate surface area is 177 Å². The predicted octanol–water partition coefficient (Wildman–Crippen LogP) is 5.09. The quantitative estimate of drug-likeness (QED) is 0.515. The average molecular weight is 443 g/mol. The Kier molecular flexibility index (Phi) is 6.37. The van der Waals surface area contributed by atoms with Crippen LogP contribution in [0.4, 0.5) is 5.95 Å². The molecule has 0 radical (unpaired) electrons. The van der Waals surface area contributed by atoms with Crippen LogP contribution in [-0.2, 0) is 10.2 Å². The lowest BCUT2D eigenvalue weighted by Gasteiger charge is -2.19. The number of hydrogen-bond acceptors (Lipinski definition) is 5. The number of benzene rings is 1. The van der Waals surface area contributed by atoms with Gasteiger partial charge in [0.15, 0.2) is 11.6 Å². The maximum atomic E-state index is 6.02. The number of rotatable bonds is 5. The zero-order valence-electron chi connectivity index (χ0n) is 14.3. The molecule has 0 aliphatic rings. The molecule has 0 fully saturated rings. The number of likely N-dealkylation sites (N-methyl/N-ethyl adjacent to an activating group) is 1. The summed E-state index contributed by atoms with van der Waals surface area (Å²) in [5.41, 5.74) is 1.72. The van der Waals surface area contributed by atoms with E-state index in [0.717, 1.165) is 17.7 Å². The highest BCUT2D eigenvalue weighted by Gasteiger charge is 2.29. The van der Waals surface area contributed by atoms with Crippen molar-refractivity contribution < 1.29 is 0 Å². The lowest BCUT2D eigenvalue weighted by molar-refractivity contribution is 0.799. The van der Waals surface area contributed by atoms with Gasteiger partial charge in [0.2, 0.25) is 9.74 Å². The van der Waals surface area contributed by atoms with E-state index in [0.29, 0.717) is 23.3 Å². The first-order valence-electron chi connectivity index (χ1n) is 8.03. The van der Waals surface area contributed by atoms with Crippen LogP contribution in [0.25, 0.3) is 11.4 Å². The number of pyridine rings is 1. The molecule has 0 atom stereocenters. The average Bonchev–Trinajstić information content (AvgIpc) is 2.66. The van der Waals surface area contributed by atoms with Gasteiger partial charge in [0.25, 0.3) is 0 Å². The standard InChI is InChI=1S/C18H15Cl4N5/c1-27(11-9-14-4-2-3-10-23-14)17-25-15(12-5-7-13(19)8-6-12)24-16(26-17)18(20,21)22/h2-8,10H,9,11H2,1H3. The predicted molar refractivity (Wildman–Crippen MR) is 111 cm³/mol. The van der Waals surface area contributed by atoms with E-state index in [1.807, 2.05) is 30.1 Å². The highest BCUT2D eigenvalue weighted by atomic mass is 35.6. The first-order chi connectivity index (χ1) is 12.8. The van der Waals surface area contributed by atoms with Crippen molar-refractivity contribution in [2.45, 2.75) is 10.2 Å². The second-order valence-electron chi connectivity index (χ2n) is 5.78. The van der Waals surface area contributed by atoms with Gasteiger partial charge in [-0.3, -0.25) is 4.98 Å². The van der Waals surface area contributed by atoms with E-state index in [2.05, 4.69) is 19.9 Å². The molecular formula is C18H15Cl4N5. The van der Waals surface area contributed by atoms with Crippen molar-refractivity contribution in [2.75, 3.05) is 18.5 Å². The lowest BCUT2D eigenvalue weighted by Crippen LogP contribution is -2.25. The van der Waals surface area contributed by atoms with Crippen LogP contribution in [0.15, 0.2) is 48.7 Å². The summed E-state index contributed by atoms with van der Waals surface area (Å²) in [5.74, 6) is 0.877. The van der Waals surface area contributed by atoms with Crippen LogP contribution in [0, 0.1) is 0 Å². The molecule has 2 heterocycles. The van der Waals surface area contributed by atoms with E-state index in [1.165, 1.54) is 0 Å². The van der Waals surface area contributed by atoms with Crippen molar-refractivity contribution in [3.63, 3.8) is 0 Å². The van der Waals surface area contributed by atoms with Gasteiger partial charge in [-0.15, -0.1) is 0 Å². The highest BCUT2D eigenvalue weighted by Crippen LogP contribution is 2.37. The van der Waals surface area contributed by atoms with E-state index in [-0.39, 0.29) is 5.82 Å². The van der Waals surface area contributed by atoms with Crippen molar-refractivity contribution in [1.29, 1.82) is 0 Å². The highest BCUT2D eigenvalue weighted by molar-refractivity contribution is 6.66. The Bertz CT molecular complexity index is 898. The van der Waals surface area contributed by atoms with Crippen LogP contribution in [0.1, 0.15) is 11.5 Å². The summed E-state index contributed by atoms with van der Waals surface area (Å²) in [4.78, 5) is 19.3. The Hall–Kier alpha value is -1.66. The molecule has 0 amide bonds. The number of aromatic nitrogens is 4. The van der Waals surface area contributed by atoms with Gasteiger partial charge < -0.3 is 4.90 Å². The van der Waals surface area contributed by atoms with Gasteiger partial charge in [-0.1, -0.05) is 52.5 Å². The van der Waals surface area contributed by atoms with E-state index in [4.69, 9.17) is 46.4 Å². The second-order valence-corrected chi connectivity index (χ2v) is 8.50. The summed E-state index contributed by atoms with van der Waals surface area (Å²) < 4.78 is -1.76. The van der Waals surface area contributed by atoms with Crippen LogP contribution >= 0.6 is 46.4 Å². The molecule has 3 rings (SSSR count). The van der Waals surface area contributed by atoms with Gasteiger partial charge in [0.1, 0.15) is 0 Å². The van der Waals surface area contributed by atoms with Crippen LogP contribution in [0.3, 0.4) is 0 Å². The molecule has 0 aliphatic carbocycles. The largest absolute Gasteiger partial charge is 0.343 e. The third kappa shape index (κ3) is 5.42. The molecule has 27 heavy (non-hydrogen) atoms. The molecule has 9 heteroatoms. The van der Waals surface area contributed by atoms with Crippen molar-refractivity contribution in [3.8, 4) is 11.4 Å². The molecule has 5 nitrogen and oxygen atoms in total. The van der Waals surface area contributed by atoms with Gasteiger partial charge in [-0.25, -0.2) is 4.98 Å². The summed E-state index contributed by atoms with van der Waals surface area (Å²) in [5, 5.41) is 0.613. The van der Waals surface area contributed by atoms with Crippen LogP contribution in [0.2, 0.25) is 5.02 Å². The molecule has 0 spiro atoms. The number of halogens is 4. The van der Waals surface area contributed by atoms with Crippen LogP contribution in [-0.4, -0.2) is 33.5 Å². The smallest absolute Gasteiger partial charge is 0.250 e. The monoisotopic (exact) mass is 441 g/mol. The van der Waals surface area contributed by atoms with Crippen molar-refractivity contribution in [1.82, 2.24) is 19.9 Å². The molecule has 0 bridgehead atoms. The first kappa shape index (κ1) is 20.1. The number of anilines is 1. The molecule has 3 aromatic rings. The number of hydrogen-bond donors (Lipinski definition) is 0. The molecule has 1 aromatic carbocycles. The van der Waals surface area contributed by atoms with Gasteiger partial charge >= 0.3 is 0 Å². The van der Waals surface area contributed by atoms with Crippen molar-refractivity contribution >= 4 is 52.4 Å². The van der Waals surface area contributed by atoms with Gasteiger partial charge in [-0.05, 0) is 36.4 Å². The molecular weight excluding hydrogens is 428 g/mol. The zero-order valence-corrected chi connectivity index (χ0v) is 17.3. The van der Waals surface area contributed by atoms with Gasteiger partial charge in [-0.2, -0.15) is 9.97 Å². The fourth-order valence-electron chi connectivity index (χ4n) is 2.32. The topological polar surface area (TPSA) is 54.8 Å². The van der Waals surface area contributed by atoms with E-state index < -0.39 is 3.79 Å². The minimum atomic E-state index is -1.76.